The Balaban J connectivity index is 3.28. The van der Waals surface area contributed by atoms with Gasteiger partial charge in [0.15, 0.2) is 0 Å². The van der Waals surface area contributed by atoms with Crippen LogP contribution in [0.4, 0.5) is 5.69 Å². The second-order valence-electron chi connectivity index (χ2n) is 3.18. The number of benzene rings is 1. The minimum Gasteiger partial charge on any atom is -0.387 e. The highest BCUT2D eigenvalue weighted by molar-refractivity contribution is 5.69. The van der Waals surface area contributed by atoms with E-state index in [0.717, 1.165) is 6.42 Å². The second kappa shape index (κ2) is 4.13. The molecule has 1 N–H and O–H groups in total. The smallest absolute Gasteiger partial charge is 0.0440 e. The Morgan fingerprint density at radius 2 is 2.15 bits per heavy atom. The first-order valence-corrected chi connectivity index (χ1v) is 4.66. The lowest BCUT2D eigenvalue weighted by molar-refractivity contribution is 1.13. The molecular weight excluding hydrogens is 158 g/mol. The maximum Gasteiger partial charge on any atom is 0.0440 e. The van der Waals surface area contributed by atoms with E-state index in [2.05, 4.69) is 37.9 Å². The highest BCUT2D eigenvalue weighted by atomic mass is 14.8. The van der Waals surface area contributed by atoms with Gasteiger partial charge in [-0.05, 0) is 36.1 Å². The van der Waals surface area contributed by atoms with Gasteiger partial charge in [0.25, 0.3) is 0 Å². The largest absolute Gasteiger partial charge is 0.387 e. The number of hydrogen-bond acceptors (Lipinski definition) is 1. The summed E-state index contributed by atoms with van der Waals surface area (Å²) in [4.78, 5) is 0. The Kier molecular flexibility index (Phi) is 3.13. The maximum absolute atomic E-state index is 3.82. The Bertz CT molecular complexity index is 313. The summed E-state index contributed by atoms with van der Waals surface area (Å²) in [6, 6.07) is 4.41. The molecule has 0 aliphatic carbocycles. The predicted molar refractivity (Wildman–Crippen MR) is 60.2 cm³/mol. The Labute approximate surface area is 80.5 Å². The quantitative estimate of drug-likeness (QED) is 0.743. The van der Waals surface area contributed by atoms with Crippen LogP contribution in [0.2, 0.25) is 0 Å². The third-order valence-corrected chi connectivity index (χ3v) is 2.30. The van der Waals surface area contributed by atoms with Crippen LogP contribution in [0.5, 0.6) is 0 Å². The van der Waals surface area contributed by atoms with Gasteiger partial charge in [-0.1, -0.05) is 25.6 Å². The molecule has 0 atom stereocenters. The van der Waals surface area contributed by atoms with Crippen LogP contribution in [0.15, 0.2) is 18.7 Å². The number of nitrogens with one attached hydrogen (secondary N) is 1. The first-order valence-electron chi connectivity index (χ1n) is 4.66. The van der Waals surface area contributed by atoms with Crippen molar-refractivity contribution >= 4 is 11.8 Å². The first-order chi connectivity index (χ1) is 6.22. The second-order valence-corrected chi connectivity index (χ2v) is 3.18. The minimum atomic E-state index is 1.08. The van der Waals surface area contributed by atoms with Gasteiger partial charge in [-0.15, -0.1) is 0 Å². The molecule has 0 amide bonds. The number of anilines is 1. The molecule has 1 rings (SSSR count). The standard InChI is InChI=1S/C12H17N/c1-5-10-7-9(3)12(13-4)11(6-2)8-10/h6-8,13H,2,5H2,1,3-4H3. The minimum absolute atomic E-state index is 1.08. The van der Waals surface area contributed by atoms with Crippen molar-refractivity contribution in [3.05, 3.63) is 35.4 Å². The molecule has 0 saturated heterocycles. The van der Waals surface area contributed by atoms with Gasteiger partial charge in [0.05, 0.1) is 0 Å². The van der Waals surface area contributed by atoms with E-state index in [4.69, 9.17) is 0 Å². The molecule has 0 radical (unpaired) electrons. The monoisotopic (exact) mass is 175 g/mol. The van der Waals surface area contributed by atoms with Crippen LogP contribution in [0.25, 0.3) is 6.08 Å². The number of aryl methyl sites for hydroxylation is 2. The lowest BCUT2D eigenvalue weighted by Crippen LogP contribution is -1.96. The van der Waals surface area contributed by atoms with E-state index in [1.807, 2.05) is 13.1 Å². The summed E-state index contributed by atoms with van der Waals surface area (Å²) in [5, 5.41) is 3.19. The normalized spacial score (nSPS) is 9.77. The summed E-state index contributed by atoms with van der Waals surface area (Å²) in [6.45, 7) is 8.11. The van der Waals surface area contributed by atoms with E-state index in [9.17, 15) is 0 Å². The lowest BCUT2D eigenvalue weighted by Gasteiger charge is -2.11. The topological polar surface area (TPSA) is 12.0 Å². The SMILES string of the molecule is C=Cc1cc(CC)cc(C)c1NC. The molecule has 0 bridgehead atoms. The predicted octanol–water partition coefficient (Wildman–Crippen LogP) is 3.24. The molecule has 0 aliphatic heterocycles. The summed E-state index contributed by atoms with van der Waals surface area (Å²) in [6.07, 6.45) is 2.98. The Morgan fingerprint density at radius 3 is 2.62 bits per heavy atom. The third kappa shape index (κ3) is 1.92. The molecule has 0 fully saturated rings. The van der Waals surface area contributed by atoms with Gasteiger partial charge in [-0.2, -0.15) is 0 Å². The van der Waals surface area contributed by atoms with E-state index >= 15 is 0 Å². The van der Waals surface area contributed by atoms with E-state index in [0.29, 0.717) is 0 Å². The van der Waals surface area contributed by atoms with Crippen LogP contribution in [-0.4, -0.2) is 7.05 Å². The average molecular weight is 175 g/mol. The van der Waals surface area contributed by atoms with Crippen molar-refractivity contribution in [3.8, 4) is 0 Å². The van der Waals surface area contributed by atoms with Crippen molar-refractivity contribution in [2.75, 3.05) is 12.4 Å². The molecule has 1 heteroatoms. The van der Waals surface area contributed by atoms with Crippen molar-refractivity contribution in [1.29, 1.82) is 0 Å². The molecule has 0 saturated carbocycles. The van der Waals surface area contributed by atoms with Crippen molar-refractivity contribution in [1.82, 2.24) is 0 Å². The van der Waals surface area contributed by atoms with Gasteiger partial charge < -0.3 is 5.32 Å². The third-order valence-electron chi connectivity index (χ3n) is 2.30. The molecule has 13 heavy (non-hydrogen) atoms. The number of rotatable bonds is 3. The average Bonchev–Trinajstić information content (AvgIpc) is 2.16. The van der Waals surface area contributed by atoms with Crippen LogP contribution >= 0.6 is 0 Å². The van der Waals surface area contributed by atoms with Crippen molar-refractivity contribution in [3.63, 3.8) is 0 Å². The lowest BCUT2D eigenvalue weighted by atomic mass is 10.0. The van der Waals surface area contributed by atoms with Crippen LogP contribution in [0.3, 0.4) is 0 Å². The van der Waals surface area contributed by atoms with Gasteiger partial charge in [0, 0.05) is 12.7 Å². The molecule has 1 nitrogen and oxygen atoms in total. The van der Waals surface area contributed by atoms with E-state index < -0.39 is 0 Å². The van der Waals surface area contributed by atoms with Crippen LogP contribution < -0.4 is 5.32 Å². The fraction of sp³-hybridized carbons (Fsp3) is 0.333. The van der Waals surface area contributed by atoms with Gasteiger partial charge in [0.2, 0.25) is 0 Å². The van der Waals surface area contributed by atoms with Gasteiger partial charge in [-0.25, -0.2) is 0 Å². The van der Waals surface area contributed by atoms with Crippen LogP contribution in [0.1, 0.15) is 23.6 Å². The first kappa shape index (κ1) is 9.85. The molecule has 1 aromatic rings. The highest BCUT2D eigenvalue weighted by Gasteiger charge is 2.02. The van der Waals surface area contributed by atoms with Crippen molar-refractivity contribution in [2.24, 2.45) is 0 Å². The molecule has 0 spiro atoms. The molecule has 0 aliphatic rings. The summed E-state index contributed by atoms with van der Waals surface area (Å²) in [7, 11) is 1.95. The fourth-order valence-electron chi connectivity index (χ4n) is 1.60. The molecular formula is C12H17N. The van der Waals surface area contributed by atoms with E-state index in [1.165, 1.54) is 22.4 Å². The highest BCUT2D eigenvalue weighted by Crippen LogP contribution is 2.23. The van der Waals surface area contributed by atoms with E-state index in [-0.39, 0.29) is 0 Å². The molecule has 0 unspecified atom stereocenters. The zero-order valence-electron chi connectivity index (χ0n) is 8.65. The summed E-state index contributed by atoms with van der Waals surface area (Å²) >= 11 is 0. The van der Waals surface area contributed by atoms with Gasteiger partial charge in [-0.3, -0.25) is 0 Å². The zero-order chi connectivity index (χ0) is 9.84. The molecule has 0 aromatic heterocycles. The molecule has 70 valence electrons. The Hall–Kier alpha value is -1.24. The number of hydrogen-bond donors (Lipinski definition) is 1. The summed E-state index contributed by atoms with van der Waals surface area (Å²) in [5.41, 5.74) is 5.04. The fourth-order valence-corrected chi connectivity index (χ4v) is 1.60. The summed E-state index contributed by atoms with van der Waals surface area (Å²) < 4.78 is 0. The van der Waals surface area contributed by atoms with E-state index in [1.54, 1.807) is 0 Å². The van der Waals surface area contributed by atoms with Gasteiger partial charge in [0.1, 0.15) is 0 Å². The Morgan fingerprint density at radius 1 is 1.46 bits per heavy atom. The van der Waals surface area contributed by atoms with Crippen LogP contribution in [0, 0.1) is 6.92 Å². The molecule has 0 heterocycles. The van der Waals surface area contributed by atoms with Crippen molar-refractivity contribution in [2.45, 2.75) is 20.3 Å². The maximum atomic E-state index is 3.82. The summed E-state index contributed by atoms with van der Waals surface area (Å²) in [5.74, 6) is 0. The zero-order valence-corrected chi connectivity index (χ0v) is 8.65. The molecule has 1 aromatic carbocycles. The van der Waals surface area contributed by atoms with Gasteiger partial charge >= 0.3 is 0 Å². The van der Waals surface area contributed by atoms with Crippen LogP contribution in [-0.2, 0) is 6.42 Å². The van der Waals surface area contributed by atoms with Crippen molar-refractivity contribution < 1.29 is 0 Å².